The van der Waals surface area contributed by atoms with E-state index >= 15 is 0 Å². The summed E-state index contributed by atoms with van der Waals surface area (Å²) in [6, 6.07) is 30.2. The van der Waals surface area contributed by atoms with Crippen LogP contribution < -0.4 is 0 Å². The number of hydrogen-bond acceptors (Lipinski definition) is 3. The molecule has 8 rings (SSSR count). The van der Waals surface area contributed by atoms with Crippen LogP contribution in [0.3, 0.4) is 0 Å². The standard InChI is InChI=1S/C42H23F6N5/c1-40(23-51)13-12-32-30-7-3-5-9-34(30)53(38(32)20-40)37-16-25(22-50)15-36(39(37)26-17-27(41(43,44)45)19-28(18-26)42(46,47)48)52-33-8-4-2-6-29(33)31-11-10-24(21-49)14-35(31)52/h2-19H,20H2,1H3. The summed E-state index contributed by atoms with van der Waals surface area (Å²) in [5.74, 6) is 0. The molecule has 0 spiro atoms. The highest BCUT2D eigenvalue weighted by molar-refractivity contribution is 6.10. The van der Waals surface area contributed by atoms with Crippen LogP contribution in [0.4, 0.5) is 26.3 Å². The monoisotopic (exact) mass is 711 g/mol. The first kappa shape index (κ1) is 33.4. The molecular formula is C42H23F6N5. The van der Waals surface area contributed by atoms with E-state index in [0.717, 1.165) is 10.9 Å². The van der Waals surface area contributed by atoms with Crippen molar-refractivity contribution in [3.05, 3.63) is 137 Å². The second kappa shape index (κ2) is 11.6. The van der Waals surface area contributed by atoms with E-state index in [9.17, 15) is 42.1 Å². The smallest absolute Gasteiger partial charge is 0.312 e. The molecule has 1 atom stereocenters. The second-order valence-electron chi connectivity index (χ2n) is 13.2. The average Bonchev–Trinajstić information content (AvgIpc) is 3.64. The Kier molecular flexibility index (Phi) is 7.32. The molecule has 1 aliphatic rings. The van der Waals surface area contributed by atoms with Crippen molar-refractivity contribution in [3.63, 3.8) is 0 Å². The van der Waals surface area contributed by atoms with Gasteiger partial charge in [0, 0.05) is 39.4 Å². The largest absolute Gasteiger partial charge is 0.416 e. The lowest BCUT2D eigenvalue weighted by Crippen LogP contribution is -2.20. The summed E-state index contributed by atoms with van der Waals surface area (Å²) in [7, 11) is 0. The van der Waals surface area contributed by atoms with Crippen LogP contribution in [-0.4, -0.2) is 9.13 Å². The summed E-state index contributed by atoms with van der Waals surface area (Å²) in [6.45, 7) is 1.74. The van der Waals surface area contributed by atoms with E-state index in [1.807, 2.05) is 18.2 Å². The Morgan fingerprint density at radius 1 is 0.623 bits per heavy atom. The Bertz CT molecular complexity index is 2820. The Morgan fingerprint density at radius 3 is 1.79 bits per heavy atom. The fraction of sp³-hybridized carbons (Fsp3) is 0.119. The number of nitriles is 3. The summed E-state index contributed by atoms with van der Waals surface area (Å²) in [4.78, 5) is 0. The zero-order chi connectivity index (χ0) is 37.4. The minimum atomic E-state index is -5.14. The highest BCUT2D eigenvalue weighted by atomic mass is 19.4. The molecule has 0 fully saturated rings. The van der Waals surface area contributed by atoms with Gasteiger partial charge < -0.3 is 9.13 Å². The van der Waals surface area contributed by atoms with E-state index in [-0.39, 0.29) is 40.6 Å². The van der Waals surface area contributed by atoms with Crippen LogP contribution in [0.1, 0.15) is 40.4 Å². The van der Waals surface area contributed by atoms with Crippen LogP contribution in [0, 0.1) is 39.4 Å². The van der Waals surface area contributed by atoms with Crippen molar-refractivity contribution >= 4 is 38.8 Å². The number of nitrogens with zero attached hydrogens (tertiary/aromatic N) is 5. The maximum atomic E-state index is 14.5. The molecule has 5 nitrogen and oxygen atoms in total. The van der Waals surface area contributed by atoms with Crippen molar-refractivity contribution in [1.82, 2.24) is 9.13 Å². The van der Waals surface area contributed by atoms with E-state index in [2.05, 4.69) is 18.2 Å². The van der Waals surface area contributed by atoms with Crippen molar-refractivity contribution in [3.8, 4) is 40.7 Å². The molecule has 7 aromatic rings. The summed E-state index contributed by atoms with van der Waals surface area (Å²) < 4.78 is 90.3. The third kappa shape index (κ3) is 5.30. The molecular weight excluding hydrogens is 688 g/mol. The molecule has 0 N–H and O–H groups in total. The lowest BCUT2D eigenvalue weighted by Gasteiger charge is -2.26. The van der Waals surface area contributed by atoms with Gasteiger partial charge in [0.2, 0.25) is 0 Å². The van der Waals surface area contributed by atoms with Crippen LogP contribution in [0.5, 0.6) is 0 Å². The normalized spacial score (nSPS) is 15.7. The zero-order valence-corrected chi connectivity index (χ0v) is 27.6. The highest BCUT2D eigenvalue weighted by Gasteiger charge is 2.38. The van der Waals surface area contributed by atoms with Gasteiger partial charge in [-0.05, 0) is 67.1 Å². The lowest BCUT2D eigenvalue weighted by atomic mass is 9.81. The van der Waals surface area contributed by atoms with Crippen LogP contribution in [0.15, 0.2) is 103 Å². The fourth-order valence-electron chi connectivity index (χ4n) is 7.43. The van der Waals surface area contributed by atoms with E-state index in [4.69, 9.17) is 0 Å². The molecule has 1 unspecified atom stereocenters. The van der Waals surface area contributed by atoms with E-state index in [1.165, 1.54) is 12.1 Å². The van der Waals surface area contributed by atoms with Crippen molar-refractivity contribution in [2.75, 3.05) is 0 Å². The lowest BCUT2D eigenvalue weighted by molar-refractivity contribution is -0.143. The summed E-state index contributed by atoms with van der Waals surface area (Å²) >= 11 is 0. The molecule has 2 aromatic heterocycles. The Balaban J connectivity index is 1.62. The Morgan fingerprint density at radius 2 is 1.19 bits per heavy atom. The van der Waals surface area contributed by atoms with Crippen LogP contribution in [-0.2, 0) is 18.8 Å². The number of hydrogen-bond donors (Lipinski definition) is 0. The van der Waals surface area contributed by atoms with Gasteiger partial charge in [-0.25, -0.2) is 0 Å². The predicted octanol–water partition coefficient (Wildman–Crippen LogP) is 11.3. The molecule has 1 aliphatic carbocycles. The molecule has 0 bridgehead atoms. The van der Waals surface area contributed by atoms with Crippen LogP contribution in [0.25, 0.3) is 61.3 Å². The van der Waals surface area contributed by atoms with Crippen LogP contribution >= 0.6 is 0 Å². The maximum absolute atomic E-state index is 14.5. The van der Waals surface area contributed by atoms with Crippen LogP contribution in [0.2, 0.25) is 0 Å². The molecule has 11 heteroatoms. The fourth-order valence-corrected chi connectivity index (χ4v) is 7.43. The van der Waals surface area contributed by atoms with Gasteiger partial charge in [-0.2, -0.15) is 42.1 Å². The first-order valence-electron chi connectivity index (χ1n) is 16.3. The Hall–Kier alpha value is -6.77. The molecule has 0 saturated carbocycles. The molecule has 0 radical (unpaired) electrons. The molecule has 0 saturated heterocycles. The SMILES string of the molecule is CC1(C#N)C=Cc2c(n(-c3cc(C#N)cc(-n4c5ccccc5c5ccc(C#N)cc54)c3-c3cc(C(F)(F)F)cc(C(F)(F)F)c3)c3ccccc23)C1. The number of fused-ring (bicyclic) bond motifs is 6. The van der Waals surface area contributed by atoms with Gasteiger partial charge in [-0.3, -0.25) is 0 Å². The predicted molar refractivity (Wildman–Crippen MR) is 189 cm³/mol. The number of aromatic nitrogens is 2. The summed E-state index contributed by atoms with van der Waals surface area (Å²) in [5, 5.41) is 32.6. The number of halogens is 6. The third-order valence-electron chi connectivity index (χ3n) is 9.81. The molecule has 2 heterocycles. The van der Waals surface area contributed by atoms with E-state index < -0.39 is 34.5 Å². The van der Waals surface area contributed by atoms with Gasteiger partial charge in [-0.15, -0.1) is 0 Å². The first-order chi connectivity index (χ1) is 25.2. The third-order valence-corrected chi connectivity index (χ3v) is 9.81. The topological polar surface area (TPSA) is 81.2 Å². The molecule has 258 valence electrons. The minimum absolute atomic E-state index is 0.0256. The van der Waals surface area contributed by atoms with Crippen molar-refractivity contribution in [1.29, 1.82) is 15.8 Å². The van der Waals surface area contributed by atoms with E-state index in [0.29, 0.717) is 45.1 Å². The van der Waals surface area contributed by atoms with Gasteiger partial charge in [-0.1, -0.05) is 54.6 Å². The van der Waals surface area contributed by atoms with Gasteiger partial charge in [0.25, 0.3) is 0 Å². The van der Waals surface area contributed by atoms with Gasteiger partial charge in [0.15, 0.2) is 0 Å². The summed E-state index contributed by atoms with van der Waals surface area (Å²) in [6.07, 6.45) is -6.55. The zero-order valence-electron chi connectivity index (χ0n) is 27.6. The van der Waals surface area contributed by atoms with Gasteiger partial charge >= 0.3 is 12.4 Å². The number of benzene rings is 5. The van der Waals surface area contributed by atoms with Crippen molar-refractivity contribution in [2.45, 2.75) is 25.7 Å². The molecule has 0 aliphatic heterocycles. The molecule has 5 aromatic carbocycles. The number of rotatable bonds is 3. The second-order valence-corrected chi connectivity index (χ2v) is 13.2. The minimum Gasteiger partial charge on any atom is -0.312 e. The van der Waals surface area contributed by atoms with E-state index in [1.54, 1.807) is 76.7 Å². The van der Waals surface area contributed by atoms with Crippen molar-refractivity contribution in [2.24, 2.45) is 5.41 Å². The van der Waals surface area contributed by atoms with Crippen molar-refractivity contribution < 1.29 is 26.3 Å². The first-order valence-corrected chi connectivity index (χ1v) is 16.3. The highest BCUT2D eigenvalue weighted by Crippen LogP contribution is 2.47. The molecule has 0 amide bonds. The summed E-state index contributed by atoms with van der Waals surface area (Å²) in [5.41, 5.74) is -0.917. The average molecular weight is 712 g/mol. The Labute approximate surface area is 298 Å². The van der Waals surface area contributed by atoms with Gasteiger partial charge in [0.05, 0.1) is 73.8 Å². The number of para-hydroxylation sites is 2. The maximum Gasteiger partial charge on any atom is 0.416 e. The quantitative estimate of drug-likeness (QED) is 0.171. The van der Waals surface area contributed by atoms with Gasteiger partial charge in [0.1, 0.15) is 0 Å². The number of allylic oxidation sites excluding steroid dienone is 1. The molecule has 53 heavy (non-hydrogen) atoms. The number of alkyl halides is 6.